The van der Waals surface area contributed by atoms with E-state index >= 15 is 0 Å². The molecule has 1 N–H and O–H groups in total. The van der Waals surface area contributed by atoms with Gasteiger partial charge in [-0.25, -0.2) is 4.79 Å². The highest BCUT2D eigenvalue weighted by Crippen LogP contribution is 2.30. The van der Waals surface area contributed by atoms with Crippen LogP contribution in [0.5, 0.6) is 0 Å². The molecule has 0 aliphatic carbocycles. The highest BCUT2D eigenvalue weighted by Gasteiger charge is 2.31. The number of hydrogen-bond acceptors (Lipinski definition) is 4. The maximum Gasteiger partial charge on any atom is 0.334 e. The molecule has 1 fully saturated rings. The lowest BCUT2D eigenvalue weighted by molar-refractivity contribution is -0.160. The Morgan fingerprint density at radius 3 is 2.86 bits per heavy atom. The van der Waals surface area contributed by atoms with E-state index in [4.69, 9.17) is 14.6 Å². The smallest absolute Gasteiger partial charge is 0.334 e. The second-order valence-electron chi connectivity index (χ2n) is 5.55. The Labute approximate surface area is 128 Å². The number of carboxylic acid groups (broad SMARTS) is 1. The van der Waals surface area contributed by atoms with Crippen LogP contribution in [0.1, 0.15) is 23.7 Å². The molecule has 2 heterocycles. The molecule has 2 unspecified atom stereocenters. The Hall–Kier alpha value is -1.92. The van der Waals surface area contributed by atoms with Gasteiger partial charge in [0.25, 0.3) is 0 Å². The van der Waals surface area contributed by atoms with Gasteiger partial charge in [-0.05, 0) is 17.5 Å². The summed E-state index contributed by atoms with van der Waals surface area (Å²) >= 11 is 0. The summed E-state index contributed by atoms with van der Waals surface area (Å²) < 4.78 is 10.9. The molecule has 0 saturated carbocycles. The third kappa shape index (κ3) is 3.13. The van der Waals surface area contributed by atoms with Crippen molar-refractivity contribution in [3.63, 3.8) is 0 Å². The minimum Gasteiger partial charge on any atom is -0.479 e. The molecule has 1 saturated heterocycles. The molecule has 22 heavy (non-hydrogen) atoms. The van der Waals surface area contributed by atoms with Crippen molar-refractivity contribution in [1.29, 1.82) is 0 Å². The van der Waals surface area contributed by atoms with E-state index in [0.29, 0.717) is 13.2 Å². The fourth-order valence-corrected chi connectivity index (χ4v) is 2.96. The number of carbonyl (C=O) groups excluding carboxylic acids is 1. The Morgan fingerprint density at radius 2 is 2.05 bits per heavy atom. The summed E-state index contributed by atoms with van der Waals surface area (Å²) in [5.74, 6) is -1.12. The maximum atomic E-state index is 12.4. The minimum absolute atomic E-state index is 0.0868. The van der Waals surface area contributed by atoms with Crippen molar-refractivity contribution in [2.75, 3.05) is 26.3 Å². The van der Waals surface area contributed by atoms with Crippen molar-refractivity contribution in [1.82, 2.24) is 4.90 Å². The van der Waals surface area contributed by atoms with Crippen molar-refractivity contribution in [3.8, 4) is 0 Å². The van der Waals surface area contributed by atoms with Crippen molar-refractivity contribution >= 4 is 11.9 Å². The molecule has 0 spiro atoms. The SMILES string of the molecule is O=C(O)C1CN(C(=O)CC2OCCc3ccccc32)CCO1. The number of amides is 1. The van der Waals surface area contributed by atoms with E-state index < -0.39 is 12.1 Å². The second kappa shape index (κ2) is 6.46. The minimum atomic E-state index is -1.03. The highest BCUT2D eigenvalue weighted by molar-refractivity contribution is 5.79. The first-order valence-corrected chi connectivity index (χ1v) is 7.46. The van der Waals surface area contributed by atoms with Crippen molar-refractivity contribution in [3.05, 3.63) is 35.4 Å². The molecule has 1 amide bonds. The van der Waals surface area contributed by atoms with Crippen molar-refractivity contribution in [2.24, 2.45) is 0 Å². The topological polar surface area (TPSA) is 76.1 Å². The van der Waals surface area contributed by atoms with Crippen LogP contribution >= 0.6 is 0 Å². The van der Waals surface area contributed by atoms with E-state index in [9.17, 15) is 9.59 Å². The molecule has 0 aromatic heterocycles. The first-order chi connectivity index (χ1) is 10.6. The first kappa shape index (κ1) is 15.0. The maximum absolute atomic E-state index is 12.4. The van der Waals surface area contributed by atoms with Gasteiger partial charge in [-0.15, -0.1) is 0 Å². The Kier molecular flexibility index (Phi) is 4.40. The third-order valence-electron chi connectivity index (χ3n) is 4.15. The van der Waals surface area contributed by atoms with Crippen LogP contribution in [-0.4, -0.2) is 54.3 Å². The lowest BCUT2D eigenvalue weighted by atomic mass is 9.95. The molecule has 1 aromatic rings. The monoisotopic (exact) mass is 305 g/mol. The van der Waals surface area contributed by atoms with Crippen LogP contribution in [0.2, 0.25) is 0 Å². The molecule has 2 aliphatic rings. The van der Waals surface area contributed by atoms with Crippen LogP contribution in [0.4, 0.5) is 0 Å². The number of carbonyl (C=O) groups is 2. The van der Waals surface area contributed by atoms with Gasteiger partial charge >= 0.3 is 5.97 Å². The molecule has 118 valence electrons. The van der Waals surface area contributed by atoms with Gasteiger partial charge in [-0.3, -0.25) is 4.79 Å². The van der Waals surface area contributed by atoms with Gasteiger partial charge in [0.05, 0.1) is 32.3 Å². The first-order valence-electron chi connectivity index (χ1n) is 7.46. The number of fused-ring (bicyclic) bond motifs is 1. The van der Waals surface area contributed by atoms with Gasteiger partial charge in [0.2, 0.25) is 5.91 Å². The zero-order valence-electron chi connectivity index (χ0n) is 12.2. The predicted octanol–water partition coefficient (Wildman–Crippen LogP) is 1.00. The molecule has 1 aromatic carbocycles. The molecule has 6 nitrogen and oxygen atoms in total. The average Bonchev–Trinajstić information content (AvgIpc) is 2.55. The third-order valence-corrected chi connectivity index (χ3v) is 4.15. The predicted molar refractivity (Wildman–Crippen MR) is 77.4 cm³/mol. The van der Waals surface area contributed by atoms with Crippen LogP contribution in [0.15, 0.2) is 24.3 Å². The van der Waals surface area contributed by atoms with Gasteiger partial charge in [-0.2, -0.15) is 0 Å². The van der Waals surface area contributed by atoms with Gasteiger partial charge in [-0.1, -0.05) is 24.3 Å². The van der Waals surface area contributed by atoms with E-state index in [0.717, 1.165) is 12.0 Å². The zero-order valence-corrected chi connectivity index (χ0v) is 12.2. The number of benzene rings is 1. The fraction of sp³-hybridized carbons (Fsp3) is 0.500. The zero-order chi connectivity index (χ0) is 15.5. The molecule has 0 bridgehead atoms. The van der Waals surface area contributed by atoms with E-state index in [1.54, 1.807) is 4.90 Å². The summed E-state index contributed by atoms with van der Waals surface area (Å²) in [4.78, 5) is 25.0. The number of morpholine rings is 1. The Balaban J connectivity index is 1.66. The van der Waals surface area contributed by atoms with Crippen molar-refractivity contribution in [2.45, 2.75) is 25.0 Å². The van der Waals surface area contributed by atoms with Crippen LogP contribution in [-0.2, 0) is 25.5 Å². The molecule has 2 atom stereocenters. The lowest BCUT2D eigenvalue weighted by Crippen LogP contribution is -2.48. The van der Waals surface area contributed by atoms with E-state index in [-0.39, 0.29) is 31.6 Å². The molecule has 0 radical (unpaired) electrons. The lowest BCUT2D eigenvalue weighted by Gasteiger charge is -2.33. The van der Waals surface area contributed by atoms with Gasteiger partial charge in [0.15, 0.2) is 6.10 Å². The largest absolute Gasteiger partial charge is 0.479 e. The van der Waals surface area contributed by atoms with E-state index in [1.807, 2.05) is 18.2 Å². The number of hydrogen-bond donors (Lipinski definition) is 1. The van der Waals surface area contributed by atoms with Crippen LogP contribution in [0.25, 0.3) is 0 Å². The molecular formula is C16H19NO5. The van der Waals surface area contributed by atoms with E-state index in [2.05, 4.69) is 6.07 Å². The quantitative estimate of drug-likeness (QED) is 0.901. The summed E-state index contributed by atoms with van der Waals surface area (Å²) in [6.07, 6.45) is -0.0797. The summed E-state index contributed by atoms with van der Waals surface area (Å²) in [6.45, 7) is 1.39. The number of aliphatic carboxylic acids is 1. The Bertz CT molecular complexity index is 573. The molecule has 3 rings (SSSR count). The number of nitrogens with zero attached hydrogens (tertiary/aromatic N) is 1. The Morgan fingerprint density at radius 1 is 1.23 bits per heavy atom. The molecule has 2 aliphatic heterocycles. The van der Waals surface area contributed by atoms with Crippen LogP contribution in [0.3, 0.4) is 0 Å². The fourth-order valence-electron chi connectivity index (χ4n) is 2.96. The summed E-state index contributed by atoms with van der Waals surface area (Å²) in [5.41, 5.74) is 2.28. The highest BCUT2D eigenvalue weighted by atomic mass is 16.5. The molecular weight excluding hydrogens is 286 g/mol. The summed E-state index contributed by atoms with van der Waals surface area (Å²) in [6, 6.07) is 7.99. The second-order valence-corrected chi connectivity index (χ2v) is 5.55. The van der Waals surface area contributed by atoms with Crippen LogP contribution < -0.4 is 0 Å². The summed E-state index contributed by atoms with van der Waals surface area (Å²) in [5, 5.41) is 9.00. The number of rotatable bonds is 3. The average molecular weight is 305 g/mol. The number of carboxylic acids is 1. The van der Waals surface area contributed by atoms with E-state index in [1.165, 1.54) is 5.56 Å². The van der Waals surface area contributed by atoms with Gasteiger partial charge in [0.1, 0.15) is 0 Å². The van der Waals surface area contributed by atoms with Crippen molar-refractivity contribution < 1.29 is 24.2 Å². The van der Waals surface area contributed by atoms with Gasteiger partial charge in [0, 0.05) is 6.54 Å². The van der Waals surface area contributed by atoms with Gasteiger partial charge < -0.3 is 19.5 Å². The number of ether oxygens (including phenoxy) is 2. The normalized spacial score (nSPS) is 24.6. The summed E-state index contributed by atoms with van der Waals surface area (Å²) in [7, 11) is 0. The standard InChI is InChI=1S/C16H19NO5/c18-15(17-6-8-22-14(10-17)16(19)20)9-13-12-4-2-1-3-11(12)5-7-21-13/h1-4,13-14H,5-10H2,(H,19,20). The van der Waals surface area contributed by atoms with Crippen LogP contribution in [0, 0.1) is 0 Å². The molecule has 6 heteroatoms.